The molecule has 0 bridgehead atoms. The highest BCUT2D eigenvalue weighted by atomic mass is 16.6. The Balaban J connectivity index is 1.38. The lowest BCUT2D eigenvalue weighted by molar-refractivity contribution is 0.0948. The summed E-state index contributed by atoms with van der Waals surface area (Å²) in [4.78, 5) is 13.9. The highest BCUT2D eigenvalue weighted by Crippen LogP contribution is 2.30. The zero-order valence-corrected chi connectivity index (χ0v) is 15.0. The molecule has 0 spiro atoms. The quantitative estimate of drug-likeness (QED) is 0.752. The van der Waals surface area contributed by atoms with Crippen molar-refractivity contribution < 1.29 is 14.3 Å². The summed E-state index contributed by atoms with van der Waals surface area (Å²) >= 11 is 0. The Kier molecular flexibility index (Phi) is 4.74. The molecule has 0 unspecified atom stereocenters. The zero-order chi connectivity index (χ0) is 18.6. The number of nitrogens with one attached hydrogen (secondary N) is 1. The number of aryl methyl sites for hydroxylation is 1. The molecular formula is C20H20N4O3. The van der Waals surface area contributed by atoms with E-state index in [4.69, 9.17) is 9.47 Å². The number of nitrogens with zero attached hydrogens (tertiary/aromatic N) is 3. The zero-order valence-electron chi connectivity index (χ0n) is 15.0. The predicted molar refractivity (Wildman–Crippen MR) is 99.6 cm³/mol. The van der Waals surface area contributed by atoms with E-state index in [1.165, 1.54) is 4.80 Å². The standard InChI is InChI=1S/C20H20N4O3/c1-14-19(23-24(22-14)16-5-3-2-4-6-16)20(25)21-10-9-15-7-8-17-18(13-15)27-12-11-26-17/h2-8,13H,9-12H2,1H3,(H,21,25). The number of hydrogen-bond donors (Lipinski definition) is 1. The van der Waals surface area contributed by atoms with Gasteiger partial charge in [0, 0.05) is 6.54 Å². The van der Waals surface area contributed by atoms with Crippen LogP contribution in [-0.2, 0) is 6.42 Å². The van der Waals surface area contributed by atoms with Crippen LogP contribution >= 0.6 is 0 Å². The van der Waals surface area contributed by atoms with E-state index in [1.807, 2.05) is 48.5 Å². The van der Waals surface area contributed by atoms with Gasteiger partial charge in [-0.2, -0.15) is 9.90 Å². The van der Waals surface area contributed by atoms with Crippen molar-refractivity contribution in [1.29, 1.82) is 0 Å². The van der Waals surface area contributed by atoms with E-state index in [2.05, 4.69) is 15.5 Å². The lowest BCUT2D eigenvalue weighted by atomic mass is 10.1. The van der Waals surface area contributed by atoms with Gasteiger partial charge in [-0.25, -0.2) is 0 Å². The maximum absolute atomic E-state index is 12.5. The van der Waals surface area contributed by atoms with E-state index in [0.717, 1.165) is 22.7 Å². The minimum absolute atomic E-state index is 0.229. The summed E-state index contributed by atoms with van der Waals surface area (Å²) in [6, 6.07) is 15.4. The number of hydrogen-bond acceptors (Lipinski definition) is 5. The number of ether oxygens (including phenoxy) is 2. The van der Waals surface area contributed by atoms with Crippen LogP contribution in [-0.4, -0.2) is 40.7 Å². The second kappa shape index (κ2) is 7.49. The molecule has 4 rings (SSSR count). The van der Waals surface area contributed by atoms with E-state index < -0.39 is 0 Å². The summed E-state index contributed by atoms with van der Waals surface area (Å²) in [7, 11) is 0. The predicted octanol–water partition coefficient (Wildman–Crippen LogP) is 2.32. The molecular weight excluding hydrogens is 344 g/mol. The Labute approximate surface area is 156 Å². The molecule has 1 aromatic heterocycles. The molecule has 0 atom stereocenters. The number of amides is 1. The average Bonchev–Trinajstić information content (AvgIpc) is 3.10. The third-order valence-corrected chi connectivity index (χ3v) is 4.29. The van der Waals surface area contributed by atoms with Crippen LogP contribution in [0.3, 0.4) is 0 Å². The van der Waals surface area contributed by atoms with Gasteiger partial charge >= 0.3 is 0 Å². The molecule has 1 N–H and O–H groups in total. The van der Waals surface area contributed by atoms with Crippen molar-refractivity contribution in [3.63, 3.8) is 0 Å². The van der Waals surface area contributed by atoms with Gasteiger partial charge < -0.3 is 14.8 Å². The van der Waals surface area contributed by atoms with Gasteiger partial charge in [0.2, 0.25) is 0 Å². The number of carbonyl (C=O) groups excluding carboxylic acids is 1. The Hall–Kier alpha value is -3.35. The van der Waals surface area contributed by atoms with Gasteiger partial charge in [0.25, 0.3) is 5.91 Å². The number of fused-ring (bicyclic) bond motifs is 1. The summed E-state index contributed by atoms with van der Waals surface area (Å²) in [5.41, 5.74) is 2.82. The fraction of sp³-hybridized carbons (Fsp3) is 0.250. The first-order valence-electron chi connectivity index (χ1n) is 8.87. The first-order valence-corrected chi connectivity index (χ1v) is 8.87. The maximum Gasteiger partial charge on any atom is 0.273 e. The molecule has 2 aromatic carbocycles. The van der Waals surface area contributed by atoms with Gasteiger partial charge in [-0.1, -0.05) is 24.3 Å². The molecule has 0 radical (unpaired) electrons. The Morgan fingerprint density at radius 3 is 2.67 bits per heavy atom. The summed E-state index contributed by atoms with van der Waals surface area (Å²) in [6.45, 7) is 3.41. The normalized spacial score (nSPS) is 12.6. The summed E-state index contributed by atoms with van der Waals surface area (Å²) < 4.78 is 11.1. The van der Waals surface area contributed by atoms with Crippen molar-refractivity contribution in [1.82, 2.24) is 20.3 Å². The fourth-order valence-electron chi connectivity index (χ4n) is 2.91. The fourth-order valence-corrected chi connectivity index (χ4v) is 2.91. The van der Waals surface area contributed by atoms with Gasteiger partial charge in [-0.15, -0.1) is 5.10 Å². The molecule has 0 aliphatic carbocycles. The third-order valence-electron chi connectivity index (χ3n) is 4.29. The smallest absolute Gasteiger partial charge is 0.273 e. The number of aromatic nitrogens is 3. The first-order chi connectivity index (χ1) is 13.2. The highest BCUT2D eigenvalue weighted by molar-refractivity contribution is 5.93. The highest BCUT2D eigenvalue weighted by Gasteiger charge is 2.16. The second-order valence-electron chi connectivity index (χ2n) is 6.24. The van der Waals surface area contributed by atoms with Gasteiger partial charge in [-0.05, 0) is 43.2 Å². The van der Waals surface area contributed by atoms with Crippen molar-refractivity contribution in [2.45, 2.75) is 13.3 Å². The van der Waals surface area contributed by atoms with E-state index in [1.54, 1.807) is 6.92 Å². The first kappa shape index (κ1) is 17.1. The van der Waals surface area contributed by atoms with Crippen molar-refractivity contribution in [3.05, 3.63) is 65.5 Å². The van der Waals surface area contributed by atoms with Gasteiger partial charge in [0.05, 0.1) is 11.4 Å². The lowest BCUT2D eigenvalue weighted by Gasteiger charge is -2.18. The van der Waals surface area contributed by atoms with Crippen LogP contribution in [0.5, 0.6) is 11.5 Å². The van der Waals surface area contributed by atoms with Gasteiger partial charge in [-0.3, -0.25) is 4.79 Å². The molecule has 1 aliphatic heterocycles. The summed E-state index contributed by atoms with van der Waals surface area (Å²) in [5, 5.41) is 11.6. The van der Waals surface area contributed by atoms with Crippen LogP contribution in [0, 0.1) is 6.92 Å². The number of rotatable bonds is 5. The number of carbonyl (C=O) groups is 1. The van der Waals surface area contributed by atoms with Crippen molar-refractivity contribution in [2.24, 2.45) is 0 Å². The minimum Gasteiger partial charge on any atom is -0.486 e. The molecule has 0 fully saturated rings. The maximum atomic E-state index is 12.5. The van der Waals surface area contributed by atoms with E-state index >= 15 is 0 Å². The molecule has 0 saturated carbocycles. The van der Waals surface area contributed by atoms with Crippen molar-refractivity contribution in [2.75, 3.05) is 19.8 Å². The average molecular weight is 364 g/mol. The van der Waals surface area contributed by atoms with Crippen molar-refractivity contribution in [3.8, 4) is 17.2 Å². The summed E-state index contributed by atoms with van der Waals surface area (Å²) in [6.07, 6.45) is 0.689. The van der Waals surface area contributed by atoms with Crippen LogP contribution in [0.15, 0.2) is 48.5 Å². The van der Waals surface area contributed by atoms with Crippen LogP contribution in [0.4, 0.5) is 0 Å². The second-order valence-corrected chi connectivity index (χ2v) is 6.24. The van der Waals surface area contributed by atoms with Crippen molar-refractivity contribution >= 4 is 5.91 Å². The molecule has 27 heavy (non-hydrogen) atoms. The van der Waals surface area contributed by atoms with Gasteiger partial charge in [0.15, 0.2) is 17.2 Å². The Bertz CT molecular complexity index is 953. The number of benzene rings is 2. The van der Waals surface area contributed by atoms with E-state index in [0.29, 0.717) is 37.6 Å². The molecule has 3 aromatic rings. The van der Waals surface area contributed by atoms with Crippen LogP contribution in [0.25, 0.3) is 5.69 Å². The van der Waals surface area contributed by atoms with Crippen LogP contribution < -0.4 is 14.8 Å². The molecule has 1 amide bonds. The van der Waals surface area contributed by atoms with E-state index in [9.17, 15) is 4.79 Å². The molecule has 7 heteroatoms. The molecule has 7 nitrogen and oxygen atoms in total. The molecule has 0 saturated heterocycles. The topological polar surface area (TPSA) is 78.3 Å². The lowest BCUT2D eigenvalue weighted by Crippen LogP contribution is -2.27. The largest absolute Gasteiger partial charge is 0.486 e. The molecule has 2 heterocycles. The Morgan fingerprint density at radius 1 is 1.07 bits per heavy atom. The van der Waals surface area contributed by atoms with Crippen LogP contribution in [0.1, 0.15) is 21.7 Å². The van der Waals surface area contributed by atoms with Crippen LogP contribution in [0.2, 0.25) is 0 Å². The Morgan fingerprint density at radius 2 is 1.85 bits per heavy atom. The van der Waals surface area contributed by atoms with E-state index in [-0.39, 0.29) is 5.91 Å². The molecule has 138 valence electrons. The monoisotopic (exact) mass is 364 g/mol. The summed E-state index contributed by atoms with van der Waals surface area (Å²) in [5.74, 6) is 1.29. The minimum atomic E-state index is -0.229. The SMILES string of the molecule is Cc1nn(-c2ccccc2)nc1C(=O)NCCc1ccc2c(c1)OCCO2. The number of para-hydroxylation sites is 1. The van der Waals surface area contributed by atoms with Gasteiger partial charge in [0.1, 0.15) is 13.2 Å². The molecule has 1 aliphatic rings. The third kappa shape index (κ3) is 3.76.